The molecule has 1 aliphatic heterocycles. The summed E-state index contributed by atoms with van der Waals surface area (Å²) in [5, 5.41) is 0. The third-order valence-electron chi connectivity index (χ3n) is 3.11. The molecule has 2 heterocycles. The van der Waals surface area contributed by atoms with E-state index in [0.29, 0.717) is 17.6 Å². The second-order valence-electron chi connectivity index (χ2n) is 4.52. The molecule has 94 valence electrons. The van der Waals surface area contributed by atoms with Crippen LogP contribution in [0.15, 0.2) is 30.5 Å². The Balaban J connectivity index is 1.80. The van der Waals surface area contributed by atoms with Crippen LogP contribution in [0, 0.1) is 11.6 Å². The largest absolute Gasteiger partial charge is 0.329 e. The van der Waals surface area contributed by atoms with Crippen LogP contribution < -0.4 is 5.46 Å². The maximum absolute atomic E-state index is 13.1. The molecule has 2 radical (unpaired) electrons. The minimum Gasteiger partial charge on any atom is -0.314 e. The molecule has 3 nitrogen and oxygen atoms in total. The maximum Gasteiger partial charge on any atom is 0.329 e. The molecule has 3 rings (SSSR count). The molecule has 1 amide bonds. The van der Waals surface area contributed by atoms with Crippen molar-refractivity contribution in [3.05, 3.63) is 53.4 Å². The molecule has 2 aromatic rings. The molecular formula is C13H9BF2N2O. The predicted octanol–water partition coefficient (Wildman–Crippen LogP) is 1.54. The minimum atomic E-state index is -0.909. The molecule has 0 saturated carbocycles. The number of aromatic nitrogens is 1. The molecule has 0 N–H and O–H groups in total. The number of nitrogens with zero attached hydrogens (tertiary/aromatic N) is 2. The van der Waals surface area contributed by atoms with E-state index in [1.807, 2.05) is 0 Å². The Labute approximate surface area is 109 Å². The Hall–Kier alpha value is -2.11. The normalized spacial score (nSPS) is 14.0. The molecule has 1 aromatic carbocycles. The first-order valence-corrected chi connectivity index (χ1v) is 5.74. The van der Waals surface area contributed by atoms with Gasteiger partial charge in [-0.25, -0.2) is 13.6 Å². The zero-order valence-corrected chi connectivity index (χ0v) is 9.94. The van der Waals surface area contributed by atoms with E-state index in [4.69, 9.17) is 7.85 Å². The quantitative estimate of drug-likeness (QED) is 0.750. The number of amides is 1. The number of fused-ring (bicyclic) bond motifs is 1. The van der Waals surface area contributed by atoms with Crippen molar-refractivity contribution in [1.82, 2.24) is 9.47 Å². The fraction of sp³-hybridized carbons (Fsp3) is 0.154. The third kappa shape index (κ3) is 2.03. The summed E-state index contributed by atoms with van der Waals surface area (Å²) in [6.45, 7) is 0.645. The van der Waals surface area contributed by atoms with Crippen molar-refractivity contribution in [3.63, 3.8) is 0 Å². The monoisotopic (exact) mass is 258 g/mol. The van der Waals surface area contributed by atoms with Crippen molar-refractivity contribution in [3.8, 4) is 0 Å². The Kier molecular flexibility index (Phi) is 2.66. The van der Waals surface area contributed by atoms with Crippen molar-refractivity contribution in [1.29, 1.82) is 0 Å². The van der Waals surface area contributed by atoms with E-state index in [9.17, 15) is 13.6 Å². The number of benzene rings is 1. The van der Waals surface area contributed by atoms with Crippen LogP contribution >= 0.6 is 0 Å². The van der Waals surface area contributed by atoms with Crippen LogP contribution in [0.1, 0.15) is 11.3 Å². The van der Waals surface area contributed by atoms with Crippen molar-refractivity contribution >= 4 is 19.3 Å². The van der Waals surface area contributed by atoms with Gasteiger partial charge >= 0.3 is 6.03 Å². The molecule has 1 aliphatic rings. The van der Waals surface area contributed by atoms with Gasteiger partial charge in [-0.1, -0.05) is 11.5 Å². The Bertz CT molecular complexity index is 669. The summed E-state index contributed by atoms with van der Waals surface area (Å²) in [6.07, 6.45) is 1.56. The van der Waals surface area contributed by atoms with E-state index in [1.54, 1.807) is 17.2 Å². The maximum atomic E-state index is 13.1. The van der Waals surface area contributed by atoms with Gasteiger partial charge < -0.3 is 4.90 Å². The predicted molar refractivity (Wildman–Crippen MR) is 66.2 cm³/mol. The van der Waals surface area contributed by atoms with Gasteiger partial charge in [0.2, 0.25) is 0 Å². The second kappa shape index (κ2) is 4.22. The highest BCUT2D eigenvalue weighted by Crippen LogP contribution is 2.19. The lowest BCUT2D eigenvalue weighted by atomic mass is 10.0. The van der Waals surface area contributed by atoms with Gasteiger partial charge in [-0.3, -0.25) is 4.57 Å². The molecule has 0 atom stereocenters. The lowest BCUT2D eigenvalue weighted by Crippen LogP contribution is -2.26. The van der Waals surface area contributed by atoms with Gasteiger partial charge in [0.05, 0.1) is 6.54 Å². The standard InChI is InChI=1S/C13H9BF2N2O/c14-9-4-10-7-17(13(19)18(10)6-9)5-8-1-2-11(15)12(16)3-8/h1-4,6H,5,7H2. The summed E-state index contributed by atoms with van der Waals surface area (Å²) in [4.78, 5) is 13.6. The molecule has 0 fully saturated rings. The number of rotatable bonds is 2. The first kappa shape index (κ1) is 12.0. The average Bonchev–Trinajstić information content (AvgIpc) is 2.84. The Morgan fingerprint density at radius 1 is 1.21 bits per heavy atom. The third-order valence-corrected chi connectivity index (χ3v) is 3.11. The summed E-state index contributed by atoms with van der Waals surface area (Å²) in [6, 6.07) is 5.14. The average molecular weight is 258 g/mol. The molecule has 1 aromatic heterocycles. The molecule has 0 spiro atoms. The topological polar surface area (TPSA) is 25.2 Å². The molecule has 0 aliphatic carbocycles. The molecule has 0 saturated heterocycles. The summed E-state index contributed by atoms with van der Waals surface area (Å²) in [5.74, 6) is -1.80. The molecular weight excluding hydrogens is 249 g/mol. The van der Waals surface area contributed by atoms with Gasteiger partial charge in [-0.05, 0) is 23.8 Å². The van der Waals surface area contributed by atoms with Crippen molar-refractivity contribution in [2.75, 3.05) is 0 Å². The van der Waals surface area contributed by atoms with Crippen molar-refractivity contribution in [2.24, 2.45) is 0 Å². The Morgan fingerprint density at radius 3 is 2.68 bits per heavy atom. The van der Waals surface area contributed by atoms with Gasteiger partial charge in [0.1, 0.15) is 7.85 Å². The molecule has 0 bridgehead atoms. The highest BCUT2D eigenvalue weighted by molar-refractivity contribution is 6.32. The first-order chi connectivity index (χ1) is 9.04. The van der Waals surface area contributed by atoms with E-state index in [0.717, 1.165) is 17.8 Å². The fourth-order valence-corrected chi connectivity index (χ4v) is 2.23. The lowest BCUT2D eigenvalue weighted by molar-refractivity contribution is 0.207. The smallest absolute Gasteiger partial charge is 0.314 e. The van der Waals surface area contributed by atoms with Crippen LogP contribution in [0.2, 0.25) is 0 Å². The Morgan fingerprint density at radius 2 is 2.00 bits per heavy atom. The number of halogens is 2. The van der Waals surface area contributed by atoms with Crippen LogP contribution in [-0.2, 0) is 13.1 Å². The number of carbonyl (C=O) groups is 1. The number of carbonyl (C=O) groups excluding carboxylic acids is 1. The summed E-state index contributed by atoms with van der Waals surface area (Å²) >= 11 is 0. The van der Waals surface area contributed by atoms with E-state index < -0.39 is 11.6 Å². The van der Waals surface area contributed by atoms with Gasteiger partial charge in [0.25, 0.3) is 0 Å². The van der Waals surface area contributed by atoms with E-state index in [-0.39, 0.29) is 12.6 Å². The molecule has 6 heteroatoms. The van der Waals surface area contributed by atoms with Crippen molar-refractivity contribution < 1.29 is 13.6 Å². The molecule has 19 heavy (non-hydrogen) atoms. The first-order valence-electron chi connectivity index (χ1n) is 5.74. The number of hydrogen-bond acceptors (Lipinski definition) is 1. The van der Waals surface area contributed by atoms with Crippen LogP contribution in [0.25, 0.3) is 0 Å². The molecule has 0 unspecified atom stereocenters. The van der Waals surface area contributed by atoms with Gasteiger partial charge in [-0.2, -0.15) is 0 Å². The zero-order chi connectivity index (χ0) is 13.6. The highest BCUT2D eigenvalue weighted by Gasteiger charge is 2.26. The zero-order valence-electron chi connectivity index (χ0n) is 9.94. The van der Waals surface area contributed by atoms with E-state index in [1.165, 1.54) is 10.6 Å². The second-order valence-corrected chi connectivity index (χ2v) is 4.52. The van der Waals surface area contributed by atoms with Gasteiger partial charge in [0, 0.05) is 18.4 Å². The fourth-order valence-electron chi connectivity index (χ4n) is 2.23. The SMILES string of the molecule is [B]c1cc2n(c1)C(=O)N(Cc1ccc(F)c(F)c1)C2. The summed E-state index contributed by atoms with van der Waals surface area (Å²) < 4.78 is 27.4. The lowest BCUT2D eigenvalue weighted by Gasteiger charge is -2.15. The van der Waals surface area contributed by atoms with E-state index in [2.05, 4.69) is 0 Å². The van der Waals surface area contributed by atoms with Crippen LogP contribution in [0.3, 0.4) is 0 Å². The van der Waals surface area contributed by atoms with Crippen molar-refractivity contribution in [2.45, 2.75) is 13.1 Å². The van der Waals surface area contributed by atoms with Gasteiger partial charge in [0.15, 0.2) is 11.6 Å². The van der Waals surface area contributed by atoms with Gasteiger partial charge in [-0.15, -0.1) is 0 Å². The van der Waals surface area contributed by atoms with Crippen LogP contribution in [0.4, 0.5) is 13.6 Å². The van der Waals surface area contributed by atoms with Crippen LogP contribution in [-0.4, -0.2) is 23.3 Å². The summed E-state index contributed by atoms with van der Waals surface area (Å²) in [7, 11) is 5.60. The minimum absolute atomic E-state index is 0.212. The van der Waals surface area contributed by atoms with Crippen LogP contribution in [0.5, 0.6) is 0 Å². The highest BCUT2D eigenvalue weighted by atomic mass is 19.2. The van der Waals surface area contributed by atoms with E-state index >= 15 is 0 Å². The number of hydrogen-bond donors (Lipinski definition) is 0. The summed E-state index contributed by atoms with van der Waals surface area (Å²) in [5.41, 5.74) is 1.88.